The normalized spacial score (nSPS) is 13.3. The first-order valence-corrected chi connectivity index (χ1v) is 13.5. The quantitative estimate of drug-likeness (QED) is 0.168. The molecule has 180 valence electrons. The number of nitrogens with one attached hydrogen (secondary N) is 1. The van der Waals surface area contributed by atoms with E-state index in [1.54, 1.807) is 0 Å². The Morgan fingerprint density at radius 1 is 0.667 bits per heavy atom. The second-order valence-electron chi connectivity index (χ2n) is 9.36. The van der Waals surface area contributed by atoms with Crippen LogP contribution in [0.4, 0.5) is 0 Å². The van der Waals surface area contributed by atoms with Crippen molar-refractivity contribution in [3.8, 4) is 0 Å². The molecule has 2 atom stereocenters. The maximum Gasteiger partial charge on any atom is 0.222 e. The van der Waals surface area contributed by atoms with E-state index in [0.29, 0.717) is 0 Å². The first-order chi connectivity index (χ1) is 14.7. The molecule has 0 aromatic heterocycles. The smallest absolute Gasteiger partial charge is 0.222 e. The van der Waals surface area contributed by atoms with Crippen molar-refractivity contribution in [2.45, 2.75) is 137 Å². The first-order valence-electron chi connectivity index (χ1n) is 13.5. The molecule has 0 radical (unpaired) electrons. The number of carbonyl (C=O) groups excluding carboxylic acids is 1. The first kappa shape index (κ1) is 29.4. The van der Waals surface area contributed by atoms with E-state index in [4.69, 9.17) is 4.74 Å². The molecular formula is C27H55NO2. The molecule has 1 amide bonds. The molecule has 0 aromatic rings. The van der Waals surface area contributed by atoms with Crippen LogP contribution in [0, 0.1) is 11.8 Å². The van der Waals surface area contributed by atoms with Crippen LogP contribution >= 0.6 is 0 Å². The van der Waals surface area contributed by atoms with E-state index in [9.17, 15) is 4.79 Å². The predicted molar refractivity (Wildman–Crippen MR) is 132 cm³/mol. The van der Waals surface area contributed by atoms with Gasteiger partial charge in [0.1, 0.15) is 0 Å². The van der Waals surface area contributed by atoms with E-state index in [2.05, 4.69) is 33.0 Å². The van der Waals surface area contributed by atoms with Crippen LogP contribution in [0.1, 0.15) is 137 Å². The van der Waals surface area contributed by atoms with E-state index < -0.39 is 0 Å². The van der Waals surface area contributed by atoms with E-state index in [1.165, 1.54) is 89.9 Å². The molecule has 0 aliphatic carbocycles. The summed E-state index contributed by atoms with van der Waals surface area (Å²) in [6.45, 7) is 11.4. The third-order valence-electron chi connectivity index (χ3n) is 6.29. The molecule has 0 saturated heterocycles. The van der Waals surface area contributed by atoms with Crippen molar-refractivity contribution >= 4 is 5.91 Å². The molecule has 0 aromatic carbocycles. The number of carbonyl (C=O) groups is 1. The van der Waals surface area contributed by atoms with Crippen molar-refractivity contribution in [2.24, 2.45) is 11.8 Å². The number of ether oxygens (including phenoxy) is 1. The molecule has 2 unspecified atom stereocenters. The number of unbranched alkanes of at least 4 members (excludes halogenated alkanes) is 8. The van der Waals surface area contributed by atoms with E-state index in [1.807, 2.05) is 0 Å². The van der Waals surface area contributed by atoms with Crippen LogP contribution in [0.25, 0.3) is 0 Å². The van der Waals surface area contributed by atoms with Gasteiger partial charge in [-0.2, -0.15) is 0 Å². The number of hydrogen-bond donors (Lipinski definition) is 1. The summed E-state index contributed by atoms with van der Waals surface area (Å²) in [4.78, 5) is 12.1. The molecule has 3 heteroatoms. The molecule has 30 heavy (non-hydrogen) atoms. The van der Waals surface area contributed by atoms with Gasteiger partial charge in [-0.1, -0.05) is 111 Å². The molecular weight excluding hydrogens is 370 g/mol. The van der Waals surface area contributed by atoms with Gasteiger partial charge in [0.15, 0.2) is 0 Å². The standard InChI is InChI=1S/C27H55NO2/c1-5-8-11-13-18-25(4)27(29)28-22-15-17-24-30-23-16-14-21-26(19-10-7-3)20-12-9-6-2/h25-26H,5-24H2,1-4H3,(H,28,29). The lowest BCUT2D eigenvalue weighted by Gasteiger charge is -2.16. The van der Waals surface area contributed by atoms with E-state index >= 15 is 0 Å². The zero-order valence-corrected chi connectivity index (χ0v) is 21.1. The van der Waals surface area contributed by atoms with Crippen LogP contribution < -0.4 is 5.32 Å². The summed E-state index contributed by atoms with van der Waals surface area (Å²) >= 11 is 0. The van der Waals surface area contributed by atoms with Crippen LogP contribution in [-0.2, 0) is 9.53 Å². The fourth-order valence-electron chi connectivity index (χ4n) is 4.07. The summed E-state index contributed by atoms with van der Waals surface area (Å²) in [5.41, 5.74) is 0. The highest BCUT2D eigenvalue weighted by molar-refractivity contribution is 5.78. The van der Waals surface area contributed by atoms with E-state index in [-0.39, 0.29) is 11.8 Å². The van der Waals surface area contributed by atoms with Crippen LogP contribution in [-0.4, -0.2) is 25.7 Å². The molecule has 0 rings (SSSR count). The molecule has 0 fully saturated rings. The lowest BCUT2D eigenvalue weighted by Crippen LogP contribution is -2.30. The van der Waals surface area contributed by atoms with Gasteiger partial charge in [-0.05, 0) is 31.6 Å². The fourth-order valence-corrected chi connectivity index (χ4v) is 4.07. The summed E-state index contributed by atoms with van der Waals surface area (Å²) in [6, 6.07) is 0. The van der Waals surface area contributed by atoms with Crippen molar-refractivity contribution < 1.29 is 9.53 Å². The van der Waals surface area contributed by atoms with Crippen molar-refractivity contribution in [3.05, 3.63) is 0 Å². The van der Waals surface area contributed by atoms with Crippen LogP contribution in [0.2, 0.25) is 0 Å². The molecule has 0 spiro atoms. The maximum absolute atomic E-state index is 12.1. The Hall–Kier alpha value is -0.570. The summed E-state index contributed by atoms with van der Waals surface area (Å²) < 4.78 is 5.81. The minimum atomic E-state index is 0.154. The molecule has 3 nitrogen and oxygen atoms in total. The highest BCUT2D eigenvalue weighted by Gasteiger charge is 2.11. The minimum Gasteiger partial charge on any atom is -0.381 e. The lowest BCUT2D eigenvalue weighted by atomic mass is 9.91. The molecule has 0 heterocycles. The largest absolute Gasteiger partial charge is 0.381 e. The second kappa shape index (κ2) is 23.1. The van der Waals surface area contributed by atoms with Gasteiger partial charge < -0.3 is 10.1 Å². The molecule has 0 aliphatic heterocycles. The van der Waals surface area contributed by atoms with Gasteiger partial charge in [-0.25, -0.2) is 0 Å². The van der Waals surface area contributed by atoms with Crippen molar-refractivity contribution in [1.29, 1.82) is 0 Å². The van der Waals surface area contributed by atoms with Crippen LogP contribution in [0.15, 0.2) is 0 Å². The van der Waals surface area contributed by atoms with Crippen LogP contribution in [0.3, 0.4) is 0 Å². The van der Waals surface area contributed by atoms with Gasteiger partial charge in [0, 0.05) is 25.7 Å². The van der Waals surface area contributed by atoms with E-state index in [0.717, 1.165) is 44.9 Å². The van der Waals surface area contributed by atoms with Crippen LogP contribution in [0.5, 0.6) is 0 Å². The van der Waals surface area contributed by atoms with Crippen molar-refractivity contribution in [2.75, 3.05) is 19.8 Å². The van der Waals surface area contributed by atoms with Gasteiger partial charge in [0.05, 0.1) is 0 Å². The van der Waals surface area contributed by atoms with Gasteiger partial charge >= 0.3 is 0 Å². The number of amides is 1. The lowest BCUT2D eigenvalue weighted by molar-refractivity contribution is -0.124. The molecule has 0 aliphatic rings. The monoisotopic (exact) mass is 425 g/mol. The predicted octanol–water partition coefficient (Wildman–Crippen LogP) is 8.06. The maximum atomic E-state index is 12.1. The third-order valence-corrected chi connectivity index (χ3v) is 6.29. The highest BCUT2D eigenvalue weighted by atomic mass is 16.5. The average molecular weight is 426 g/mol. The van der Waals surface area contributed by atoms with Crippen molar-refractivity contribution in [1.82, 2.24) is 5.32 Å². The fraction of sp³-hybridized carbons (Fsp3) is 0.963. The summed E-state index contributed by atoms with van der Waals surface area (Å²) in [7, 11) is 0. The number of hydrogen-bond acceptors (Lipinski definition) is 2. The Labute approximate surface area is 189 Å². The van der Waals surface area contributed by atoms with Crippen molar-refractivity contribution in [3.63, 3.8) is 0 Å². The Morgan fingerprint density at radius 3 is 1.87 bits per heavy atom. The topological polar surface area (TPSA) is 38.3 Å². The zero-order chi connectivity index (χ0) is 22.3. The Kier molecular flexibility index (Phi) is 22.7. The number of rotatable bonds is 23. The molecule has 0 saturated carbocycles. The minimum absolute atomic E-state index is 0.154. The summed E-state index contributed by atoms with van der Waals surface area (Å²) in [5.74, 6) is 1.32. The Balaban J connectivity index is 3.53. The SMILES string of the molecule is CCCCCCC(C)C(=O)NCCCCOCCCCC(CCCC)CCCCC. The second-order valence-corrected chi connectivity index (χ2v) is 9.36. The Morgan fingerprint density at radius 2 is 1.20 bits per heavy atom. The Bertz CT molecular complexity index is 359. The van der Waals surface area contributed by atoms with Gasteiger partial charge in [0.2, 0.25) is 5.91 Å². The average Bonchev–Trinajstić information content (AvgIpc) is 2.75. The highest BCUT2D eigenvalue weighted by Crippen LogP contribution is 2.22. The van der Waals surface area contributed by atoms with Gasteiger partial charge in [0.25, 0.3) is 0 Å². The molecule has 1 N–H and O–H groups in total. The van der Waals surface area contributed by atoms with Gasteiger partial charge in [-0.15, -0.1) is 0 Å². The zero-order valence-electron chi connectivity index (χ0n) is 21.1. The molecule has 0 bridgehead atoms. The summed E-state index contributed by atoms with van der Waals surface area (Å²) in [5, 5.41) is 3.09. The summed E-state index contributed by atoms with van der Waals surface area (Å²) in [6.07, 6.45) is 21.6. The third kappa shape index (κ3) is 19.4. The van der Waals surface area contributed by atoms with Gasteiger partial charge in [-0.3, -0.25) is 4.79 Å².